The molecule has 0 bridgehead atoms. The first kappa shape index (κ1) is 13.5. The molecule has 1 rings (SSSR count). The highest BCUT2D eigenvalue weighted by Crippen LogP contribution is 2.35. The summed E-state index contributed by atoms with van der Waals surface area (Å²) in [6.07, 6.45) is 2.34. The number of benzene rings is 1. The van der Waals surface area contributed by atoms with E-state index >= 15 is 0 Å². The van der Waals surface area contributed by atoms with Gasteiger partial charge in [0.25, 0.3) is 0 Å². The van der Waals surface area contributed by atoms with Crippen molar-refractivity contribution in [3.8, 4) is 0 Å². The molecule has 0 saturated carbocycles. The summed E-state index contributed by atoms with van der Waals surface area (Å²) >= 11 is 12.3. The summed E-state index contributed by atoms with van der Waals surface area (Å²) < 4.78 is 0. The van der Waals surface area contributed by atoms with E-state index in [0.29, 0.717) is 16.5 Å². The van der Waals surface area contributed by atoms with Gasteiger partial charge in [-0.05, 0) is 43.4 Å². The number of carbonyl (C=O) groups is 1. The van der Waals surface area contributed by atoms with Gasteiger partial charge < -0.3 is 4.79 Å². The van der Waals surface area contributed by atoms with Crippen LogP contribution in [-0.2, 0) is 4.79 Å². The summed E-state index contributed by atoms with van der Waals surface area (Å²) in [6, 6.07) is 5.53. The molecule has 0 aliphatic carbocycles. The molecule has 0 fully saturated rings. The lowest BCUT2D eigenvalue weighted by atomic mass is 9.91. The van der Waals surface area contributed by atoms with Crippen molar-refractivity contribution in [3.05, 3.63) is 33.8 Å². The van der Waals surface area contributed by atoms with Gasteiger partial charge in [-0.2, -0.15) is 0 Å². The SMILES string of the molecule is CCC(CCC(C)=O)c1c(Cl)cccc1Cl. The van der Waals surface area contributed by atoms with Crippen LogP contribution in [0.15, 0.2) is 18.2 Å². The predicted octanol–water partition coefficient (Wildman–Crippen LogP) is 4.86. The van der Waals surface area contributed by atoms with Crippen molar-refractivity contribution in [1.29, 1.82) is 0 Å². The van der Waals surface area contributed by atoms with Crippen molar-refractivity contribution in [3.63, 3.8) is 0 Å². The Labute approximate surface area is 107 Å². The van der Waals surface area contributed by atoms with E-state index in [0.717, 1.165) is 18.4 Å². The maximum Gasteiger partial charge on any atom is 0.129 e. The minimum atomic E-state index is 0.210. The lowest BCUT2D eigenvalue weighted by Crippen LogP contribution is -2.02. The van der Waals surface area contributed by atoms with Gasteiger partial charge in [-0.3, -0.25) is 0 Å². The largest absolute Gasteiger partial charge is 0.300 e. The fourth-order valence-corrected chi connectivity index (χ4v) is 2.54. The Balaban J connectivity index is 2.90. The van der Waals surface area contributed by atoms with E-state index in [9.17, 15) is 4.79 Å². The minimum Gasteiger partial charge on any atom is -0.300 e. The molecular weight excluding hydrogens is 243 g/mol. The lowest BCUT2D eigenvalue weighted by molar-refractivity contribution is -0.117. The Kier molecular flexibility index (Phi) is 5.30. The fraction of sp³-hybridized carbons (Fsp3) is 0.462. The number of hydrogen-bond donors (Lipinski definition) is 0. The summed E-state index contributed by atoms with van der Waals surface area (Å²) in [5, 5.41) is 1.39. The van der Waals surface area contributed by atoms with Crippen LogP contribution in [0.4, 0.5) is 0 Å². The zero-order valence-electron chi connectivity index (χ0n) is 9.59. The van der Waals surface area contributed by atoms with Gasteiger partial charge in [0.2, 0.25) is 0 Å². The van der Waals surface area contributed by atoms with Gasteiger partial charge in [0.15, 0.2) is 0 Å². The average Bonchev–Trinajstić information content (AvgIpc) is 2.22. The number of rotatable bonds is 5. The molecular formula is C13H16Cl2O. The number of Topliss-reactive ketones (excluding diaryl/α,β-unsaturated/α-hetero) is 1. The Morgan fingerprint density at radius 3 is 2.31 bits per heavy atom. The Morgan fingerprint density at radius 2 is 1.88 bits per heavy atom. The van der Waals surface area contributed by atoms with Crippen molar-refractivity contribution >= 4 is 29.0 Å². The maximum absolute atomic E-state index is 11.0. The average molecular weight is 259 g/mol. The third kappa shape index (κ3) is 3.50. The normalized spacial score (nSPS) is 12.5. The summed E-state index contributed by atoms with van der Waals surface area (Å²) in [5.74, 6) is 0.478. The van der Waals surface area contributed by atoms with E-state index in [1.807, 2.05) is 18.2 Å². The van der Waals surface area contributed by atoms with Gasteiger partial charge in [-0.25, -0.2) is 0 Å². The van der Waals surface area contributed by atoms with Crippen LogP contribution >= 0.6 is 23.2 Å². The van der Waals surface area contributed by atoms with Crippen molar-refractivity contribution in [1.82, 2.24) is 0 Å². The van der Waals surface area contributed by atoms with E-state index in [-0.39, 0.29) is 11.7 Å². The first-order valence-corrected chi connectivity index (χ1v) is 6.25. The molecule has 1 aromatic carbocycles. The molecule has 1 nitrogen and oxygen atoms in total. The number of hydrogen-bond acceptors (Lipinski definition) is 1. The van der Waals surface area contributed by atoms with Crippen molar-refractivity contribution in [2.45, 2.75) is 39.0 Å². The van der Waals surface area contributed by atoms with E-state index in [1.165, 1.54) is 0 Å². The topological polar surface area (TPSA) is 17.1 Å². The van der Waals surface area contributed by atoms with Crippen LogP contribution in [0.3, 0.4) is 0 Å². The molecule has 1 atom stereocenters. The molecule has 0 aliphatic rings. The molecule has 0 amide bonds. The predicted molar refractivity (Wildman–Crippen MR) is 69.4 cm³/mol. The van der Waals surface area contributed by atoms with Crippen LogP contribution in [-0.4, -0.2) is 5.78 Å². The number of ketones is 1. The first-order chi connectivity index (χ1) is 7.56. The molecule has 0 aromatic heterocycles. The van der Waals surface area contributed by atoms with Gasteiger partial charge in [0.05, 0.1) is 0 Å². The van der Waals surface area contributed by atoms with Crippen LogP contribution in [0.5, 0.6) is 0 Å². The summed E-state index contributed by atoms with van der Waals surface area (Å²) in [4.78, 5) is 11.0. The van der Waals surface area contributed by atoms with E-state index in [2.05, 4.69) is 6.92 Å². The third-order valence-corrected chi connectivity index (χ3v) is 3.40. The highest BCUT2D eigenvalue weighted by molar-refractivity contribution is 6.36. The zero-order chi connectivity index (χ0) is 12.1. The molecule has 0 spiro atoms. The van der Waals surface area contributed by atoms with Crippen molar-refractivity contribution < 1.29 is 4.79 Å². The van der Waals surface area contributed by atoms with Crippen LogP contribution < -0.4 is 0 Å². The van der Waals surface area contributed by atoms with Gasteiger partial charge in [0.1, 0.15) is 5.78 Å². The smallest absolute Gasteiger partial charge is 0.129 e. The first-order valence-electron chi connectivity index (χ1n) is 5.49. The molecule has 88 valence electrons. The van der Waals surface area contributed by atoms with E-state index in [1.54, 1.807) is 6.92 Å². The number of carbonyl (C=O) groups excluding carboxylic acids is 1. The second-order valence-corrected chi connectivity index (χ2v) is 4.80. The van der Waals surface area contributed by atoms with Crippen LogP contribution in [0.25, 0.3) is 0 Å². The molecule has 0 saturated heterocycles. The lowest BCUT2D eigenvalue weighted by Gasteiger charge is -2.17. The second kappa shape index (κ2) is 6.27. The van der Waals surface area contributed by atoms with Gasteiger partial charge in [-0.1, -0.05) is 36.2 Å². The Bertz CT molecular complexity index is 354. The van der Waals surface area contributed by atoms with E-state index in [4.69, 9.17) is 23.2 Å². The van der Waals surface area contributed by atoms with Crippen LogP contribution in [0.1, 0.15) is 44.6 Å². The summed E-state index contributed by atoms with van der Waals surface area (Å²) in [7, 11) is 0. The third-order valence-electron chi connectivity index (χ3n) is 2.75. The molecule has 16 heavy (non-hydrogen) atoms. The van der Waals surface area contributed by atoms with Crippen molar-refractivity contribution in [2.75, 3.05) is 0 Å². The molecule has 1 aromatic rings. The second-order valence-electron chi connectivity index (χ2n) is 3.98. The molecule has 0 heterocycles. The quantitative estimate of drug-likeness (QED) is 0.738. The highest BCUT2D eigenvalue weighted by atomic mass is 35.5. The number of halogens is 2. The standard InChI is InChI=1S/C13H16Cl2O/c1-3-10(8-7-9(2)16)13-11(14)5-4-6-12(13)15/h4-6,10H,3,7-8H2,1-2H3. The Morgan fingerprint density at radius 1 is 1.31 bits per heavy atom. The minimum absolute atomic E-state index is 0.210. The molecule has 0 radical (unpaired) electrons. The zero-order valence-corrected chi connectivity index (χ0v) is 11.1. The van der Waals surface area contributed by atoms with Crippen LogP contribution in [0.2, 0.25) is 10.0 Å². The monoisotopic (exact) mass is 258 g/mol. The van der Waals surface area contributed by atoms with Gasteiger partial charge >= 0.3 is 0 Å². The van der Waals surface area contributed by atoms with Gasteiger partial charge in [0, 0.05) is 16.5 Å². The summed E-state index contributed by atoms with van der Waals surface area (Å²) in [6.45, 7) is 3.70. The molecule has 1 unspecified atom stereocenters. The molecule has 0 N–H and O–H groups in total. The van der Waals surface area contributed by atoms with E-state index < -0.39 is 0 Å². The fourth-order valence-electron chi connectivity index (χ4n) is 1.83. The maximum atomic E-state index is 11.0. The summed E-state index contributed by atoms with van der Waals surface area (Å²) in [5.41, 5.74) is 0.981. The van der Waals surface area contributed by atoms with Gasteiger partial charge in [-0.15, -0.1) is 0 Å². The highest BCUT2D eigenvalue weighted by Gasteiger charge is 2.16. The molecule has 3 heteroatoms. The van der Waals surface area contributed by atoms with Crippen molar-refractivity contribution in [2.24, 2.45) is 0 Å². The van der Waals surface area contributed by atoms with Crippen LogP contribution in [0, 0.1) is 0 Å². The molecule has 0 aliphatic heterocycles. The Hall–Kier alpha value is -0.530.